The van der Waals surface area contributed by atoms with Gasteiger partial charge in [-0.3, -0.25) is 14.7 Å². The van der Waals surface area contributed by atoms with Crippen molar-refractivity contribution in [2.75, 3.05) is 70.4 Å². The van der Waals surface area contributed by atoms with Crippen LogP contribution in [0.1, 0.15) is 45.6 Å². The quantitative estimate of drug-likeness (QED) is 0.187. The molecule has 296 valence electrons. The van der Waals surface area contributed by atoms with Crippen molar-refractivity contribution in [1.82, 2.24) is 35.0 Å². The number of piperidine rings is 1. The molecule has 1 N–H and O–H groups in total. The Hall–Kier alpha value is -4.78. The van der Waals surface area contributed by atoms with Crippen molar-refractivity contribution in [3.05, 3.63) is 53.7 Å². The molecule has 0 saturated carbocycles. The number of carbonyl (C=O) groups excluding carboxylic acids is 1. The first-order valence-corrected chi connectivity index (χ1v) is 19.3. The first-order chi connectivity index (χ1) is 26.8. The average molecular weight is 775 g/mol. The Labute approximate surface area is 323 Å². The first kappa shape index (κ1) is 38.1. The summed E-state index contributed by atoms with van der Waals surface area (Å²) in [4.78, 5) is 35.1. The molecule has 0 spiro atoms. The Kier molecular flexibility index (Phi) is 10.2. The third-order valence-corrected chi connectivity index (χ3v) is 11.4. The molecule has 8 rings (SSSR count). The lowest BCUT2D eigenvalue weighted by Gasteiger charge is -2.44. The molecule has 2 bridgehead atoms. The predicted octanol–water partition coefficient (Wildman–Crippen LogP) is 5.69. The number of halogens is 4. The fourth-order valence-electron chi connectivity index (χ4n) is 8.73. The van der Waals surface area contributed by atoms with E-state index in [-0.39, 0.29) is 54.1 Å². The van der Waals surface area contributed by atoms with Crippen LogP contribution < -0.4 is 15.0 Å². The number of carbonyl (C=O) groups is 1. The van der Waals surface area contributed by atoms with E-state index in [4.69, 9.17) is 20.9 Å². The van der Waals surface area contributed by atoms with Crippen LogP contribution in [-0.2, 0) is 4.74 Å². The molecule has 3 atom stereocenters. The van der Waals surface area contributed by atoms with Gasteiger partial charge < -0.3 is 19.7 Å². The number of nitrogens with one attached hydrogen (secondary N) is 1. The third kappa shape index (κ3) is 7.30. The van der Waals surface area contributed by atoms with Gasteiger partial charge in [0.05, 0.1) is 35.6 Å². The number of piperazine rings is 2. The summed E-state index contributed by atoms with van der Waals surface area (Å²) in [6.45, 7) is 9.64. The molecule has 15 heteroatoms. The van der Waals surface area contributed by atoms with Crippen molar-refractivity contribution < 1.29 is 31.8 Å². The second-order valence-corrected chi connectivity index (χ2v) is 16.1. The maximum absolute atomic E-state index is 17.0. The number of pyridine rings is 1. The monoisotopic (exact) mass is 774 g/mol. The second-order valence-electron chi connectivity index (χ2n) is 16.1. The van der Waals surface area contributed by atoms with Crippen molar-refractivity contribution in [2.24, 2.45) is 0 Å². The Balaban J connectivity index is 1.08. The zero-order valence-corrected chi connectivity index (χ0v) is 31.8. The number of benzene rings is 2. The zero-order valence-electron chi connectivity index (χ0n) is 31.8. The van der Waals surface area contributed by atoms with Gasteiger partial charge in [-0.15, -0.1) is 6.42 Å². The van der Waals surface area contributed by atoms with Gasteiger partial charge in [-0.25, -0.2) is 32.3 Å². The summed E-state index contributed by atoms with van der Waals surface area (Å²) in [7, 11) is 0. The zero-order chi connectivity index (χ0) is 39.4. The Morgan fingerprint density at radius 3 is 2.48 bits per heavy atom. The molecule has 1 amide bonds. The molecule has 4 aromatic rings. The van der Waals surface area contributed by atoms with Crippen LogP contribution in [0, 0.1) is 24.0 Å². The van der Waals surface area contributed by atoms with E-state index in [1.807, 2.05) is 35.5 Å². The molecule has 4 aliphatic rings. The number of hydrogen-bond acceptors (Lipinski definition) is 10. The molecule has 4 fully saturated rings. The summed E-state index contributed by atoms with van der Waals surface area (Å²) in [6, 6.07) is 6.97. The maximum Gasteiger partial charge on any atom is 0.410 e. The van der Waals surface area contributed by atoms with E-state index in [0.29, 0.717) is 86.3 Å². The molecule has 0 aliphatic carbocycles. The molecule has 6 heterocycles. The molecular weight excluding hydrogens is 728 g/mol. The number of anilines is 1. The van der Waals surface area contributed by atoms with Gasteiger partial charge in [0.2, 0.25) is 0 Å². The molecular formula is C41H46F4N8O3. The van der Waals surface area contributed by atoms with Crippen LogP contribution in [0.5, 0.6) is 6.01 Å². The molecule has 4 aliphatic heterocycles. The van der Waals surface area contributed by atoms with Crippen LogP contribution in [0.15, 0.2) is 36.5 Å². The normalized spacial score (nSPS) is 23.1. The lowest BCUT2D eigenvalue weighted by molar-refractivity contribution is -0.104. The summed E-state index contributed by atoms with van der Waals surface area (Å²) in [5.41, 5.74) is -0.408. The molecule has 3 unspecified atom stereocenters. The maximum atomic E-state index is 17.0. The number of fused-ring (bicyclic) bond motifs is 4. The van der Waals surface area contributed by atoms with Gasteiger partial charge in [-0.05, 0) is 58.0 Å². The highest BCUT2D eigenvalue weighted by Crippen LogP contribution is 2.40. The van der Waals surface area contributed by atoms with E-state index in [1.54, 1.807) is 24.3 Å². The highest BCUT2D eigenvalue weighted by molar-refractivity contribution is 6.02. The summed E-state index contributed by atoms with van der Waals surface area (Å²) in [6.07, 6.45) is 8.89. The van der Waals surface area contributed by atoms with Gasteiger partial charge in [-0.1, -0.05) is 30.2 Å². The van der Waals surface area contributed by atoms with E-state index in [0.717, 1.165) is 12.8 Å². The molecule has 4 saturated heterocycles. The van der Waals surface area contributed by atoms with Crippen molar-refractivity contribution in [3.63, 3.8) is 0 Å². The van der Waals surface area contributed by atoms with Crippen LogP contribution in [0.3, 0.4) is 0 Å². The van der Waals surface area contributed by atoms with Crippen LogP contribution in [0.25, 0.3) is 32.9 Å². The minimum absolute atomic E-state index is 0.00183. The van der Waals surface area contributed by atoms with Crippen LogP contribution in [0.4, 0.5) is 28.2 Å². The van der Waals surface area contributed by atoms with Crippen molar-refractivity contribution in [2.45, 2.75) is 69.7 Å². The van der Waals surface area contributed by atoms with E-state index in [2.05, 4.69) is 26.1 Å². The smallest absolute Gasteiger partial charge is 0.410 e. The van der Waals surface area contributed by atoms with E-state index < -0.39 is 29.2 Å². The number of nitrogens with zero attached hydrogens (tertiary/aromatic N) is 7. The number of rotatable bonds is 7. The highest BCUT2D eigenvalue weighted by atomic mass is 19.3. The van der Waals surface area contributed by atoms with Crippen molar-refractivity contribution in [3.8, 4) is 29.6 Å². The Morgan fingerprint density at radius 2 is 1.79 bits per heavy atom. The molecule has 2 aromatic carbocycles. The topological polar surface area (TPSA) is 99.2 Å². The van der Waals surface area contributed by atoms with E-state index in [9.17, 15) is 13.6 Å². The standard InChI is InChI=1S/C41H46F4N8O3/c1-5-28-31(42)12-9-25-7-6-8-29(33(25)28)35-34(43)36-30(37(48-35)52-22-26-10-11-27(23-52)53(26)39(54)56-40(2,3)4)21-47-38(49-36)55-20-19-50-15-17-51(18-16-50)32-13-14-46-24-41(32,44)45/h1,6-9,12,21,26-27,32,46H,10-11,13-20,22-24H2,2-4H3. The molecule has 11 nitrogen and oxygen atoms in total. The summed E-state index contributed by atoms with van der Waals surface area (Å²) in [5.74, 6) is -1.23. The summed E-state index contributed by atoms with van der Waals surface area (Å²) in [5, 5.41) is 4.13. The summed E-state index contributed by atoms with van der Waals surface area (Å²) < 4.78 is 72.9. The lowest BCUT2D eigenvalue weighted by atomic mass is 9.96. The average Bonchev–Trinajstić information content (AvgIpc) is 3.44. The van der Waals surface area contributed by atoms with Gasteiger partial charge >= 0.3 is 12.1 Å². The number of ether oxygens (including phenoxy) is 2. The molecule has 0 radical (unpaired) electrons. The lowest BCUT2D eigenvalue weighted by Crippen LogP contribution is -2.61. The van der Waals surface area contributed by atoms with Gasteiger partial charge in [-0.2, -0.15) is 4.98 Å². The van der Waals surface area contributed by atoms with Crippen LogP contribution in [0.2, 0.25) is 0 Å². The van der Waals surface area contributed by atoms with Crippen molar-refractivity contribution in [1.29, 1.82) is 0 Å². The van der Waals surface area contributed by atoms with E-state index in [1.165, 1.54) is 12.3 Å². The Morgan fingerprint density at radius 1 is 1.04 bits per heavy atom. The summed E-state index contributed by atoms with van der Waals surface area (Å²) >= 11 is 0. The SMILES string of the molecule is C#Cc1c(F)ccc2cccc(-c3nc(N4CC5CCC(C4)N5C(=O)OC(C)(C)C)c4cnc(OCCN5CCN(C6CCNCC6(F)F)CC5)nc4c3F)c12. The molecule has 2 aromatic heterocycles. The minimum atomic E-state index is -2.76. The molecule has 56 heavy (non-hydrogen) atoms. The van der Waals surface area contributed by atoms with Crippen molar-refractivity contribution >= 4 is 33.6 Å². The van der Waals surface area contributed by atoms with Crippen LogP contribution >= 0.6 is 0 Å². The minimum Gasteiger partial charge on any atom is -0.462 e. The fourth-order valence-corrected chi connectivity index (χ4v) is 8.73. The van der Waals surface area contributed by atoms with Gasteiger partial charge in [0.15, 0.2) is 5.82 Å². The van der Waals surface area contributed by atoms with Crippen LogP contribution in [-0.4, -0.2) is 131 Å². The Bertz CT molecular complexity index is 2170. The van der Waals surface area contributed by atoms with E-state index >= 15 is 8.78 Å². The predicted molar refractivity (Wildman–Crippen MR) is 205 cm³/mol. The number of hydrogen-bond donors (Lipinski definition) is 1. The van der Waals surface area contributed by atoms with Gasteiger partial charge in [0, 0.05) is 63.0 Å². The number of aromatic nitrogens is 3. The number of alkyl halides is 2. The number of terminal acetylenes is 1. The fraction of sp³-hybridized carbons (Fsp3) is 0.512. The largest absolute Gasteiger partial charge is 0.462 e. The third-order valence-electron chi connectivity index (χ3n) is 11.4. The second kappa shape index (κ2) is 14.9. The first-order valence-electron chi connectivity index (χ1n) is 19.3. The van der Waals surface area contributed by atoms with Gasteiger partial charge in [0.25, 0.3) is 5.92 Å². The van der Waals surface area contributed by atoms with Gasteiger partial charge in [0.1, 0.15) is 35.1 Å². The highest BCUT2D eigenvalue weighted by Gasteiger charge is 2.46. The number of amides is 1.